The second-order valence-electron chi connectivity index (χ2n) is 6.34. The van der Waals surface area contributed by atoms with Gasteiger partial charge in [-0.05, 0) is 36.6 Å². The van der Waals surface area contributed by atoms with E-state index in [4.69, 9.17) is 4.98 Å². The van der Waals surface area contributed by atoms with Crippen LogP contribution in [0.3, 0.4) is 0 Å². The van der Waals surface area contributed by atoms with Gasteiger partial charge in [0.1, 0.15) is 5.82 Å². The van der Waals surface area contributed by atoms with Gasteiger partial charge in [0.15, 0.2) is 0 Å². The van der Waals surface area contributed by atoms with E-state index in [0.29, 0.717) is 13.0 Å². The smallest absolute Gasteiger partial charge is 0.219 e. The number of benzene rings is 2. The molecule has 1 amide bonds. The lowest BCUT2D eigenvalue weighted by atomic mass is 10.1. The molecule has 25 heavy (non-hydrogen) atoms. The third kappa shape index (κ3) is 4.08. The molecule has 4 nitrogen and oxygen atoms in total. The monoisotopic (exact) mass is 335 g/mol. The number of rotatable bonds is 7. The van der Waals surface area contributed by atoms with Crippen LogP contribution in [-0.2, 0) is 17.8 Å². The van der Waals surface area contributed by atoms with Gasteiger partial charge < -0.3 is 9.88 Å². The van der Waals surface area contributed by atoms with Crippen LogP contribution in [-0.4, -0.2) is 22.0 Å². The summed E-state index contributed by atoms with van der Waals surface area (Å²) in [5.74, 6) is 1.18. The van der Waals surface area contributed by atoms with Crippen LogP contribution in [0.4, 0.5) is 0 Å². The zero-order chi connectivity index (χ0) is 17.6. The fraction of sp³-hybridized carbons (Fsp3) is 0.333. The van der Waals surface area contributed by atoms with Crippen LogP contribution >= 0.6 is 0 Å². The fourth-order valence-corrected chi connectivity index (χ4v) is 3.05. The first kappa shape index (κ1) is 17.2. The Hall–Kier alpha value is -2.62. The average molecular weight is 335 g/mol. The molecule has 0 saturated carbocycles. The number of hydrogen-bond acceptors (Lipinski definition) is 2. The summed E-state index contributed by atoms with van der Waals surface area (Å²) < 4.78 is 2.30. The molecule has 0 radical (unpaired) electrons. The first-order chi connectivity index (χ1) is 12.2. The number of fused-ring (bicyclic) bond motifs is 1. The van der Waals surface area contributed by atoms with E-state index < -0.39 is 0 Å². The van der Waals surface area contributed by atoms with E-state index in [-0.39, 0.29) is 5.91 Å². The number of amides is 1. The zero-order valence-corrected chi connectivity index (χ0v) is 15.0. The lowest BCUT2D eigenvalue weighted by Gasteiger charge is -2.12. The molecule has 4 heteroatoms. The molecule has 2 aromatic carbocycles. The maximum Gasteiger partial charge on any atom is 0.219 e. The molecule has 0 unspecified atom stereocenters. The predicted octanol–water partition coefficient (Wildman–Crippen LogP) is 3.85. The second-order valence-corrected chi connectivity index (χ2v) is 6.34. The van der Waals surface area contributed by atoms with E-state index in [1.165, 1.54) is 16.6 Å². The molecule has 0 spiro atoms. The van der Waals surface area contributed by atoms with Gasteiger partial charge in [-0.3, -0.25) is 4.79 Å². The number of nitrogens with zero attached hydrogens (tertiary/aromatic N) is 2. The highest BCUT2D eigenvalue weighted by Crippen LogP contribution is 2.20. The number of imidazole rings is 1. The first-order valence-corrected chi connectivity index (χ1v) is 8.94. The molecule has 0 aliphatic heterocycles. The fourth-order valence-electron chi connectivity index (χ4n) is 3.05. The largest absolute Gasteiger partial charge is 0.356 e. The molecule has 1 aromatic heterocycles. The Morgan fingerprint density at radius 1 is 1.12 bits per heavy atom. The van der Waals surface area contributed by atoms with Crippen LogP contribution in [0.15, 0.2) is 48.5 Å². The summed E-state index contributed by atoms with van der Waals surface area (Å²) in [6.45, 7) is 5.54. The van der Waals surface area contributed by atoms with Crippen LogP contribution in [0, 0.1) is 6.92 Å². The van der Waals surface area contributed by atoms with Crippen molar-refractivity contribution >= 4 is 16.9 Å². The van der Waals surface area contributed by atoms with Crippen LogP contribution < -0.4 is 5.32 Å². The Balaban J connectivity index is 1.82. The van der Waals surface area contributed by atoms with E-state index >= 15 is 0 Å². The van der Waals surface area contributed by atoms with Gasteiger partial charge in [-0.1, -0.05) is 43.3 Å². The topological polar surface area (TPSA) is 46.9 Å². The van der Waals surface area contributed by atoms with Gasteiger partial charge >= 0.3 is 0 Å². The van der Waals surface area contributed by atoms with Crippen molar-refractivity contribution in [1.29, 1.82) is 0 Å². The van der Waals surface area contributed by atoms with Crippen molar-refractivity contribution in [2.24, 2.45) is 0 Å². The van der Waals surface area contributed by atoms with Gasteiger partial charge in [-0.2, -0.15) is 0 Å². The minimum absolute atomic E-state index is 0.105. The SMILES string of the molecule is CCC(=O)NCCCc1nc2ccccc2n1Cc1ccccc1C. The lowest BCUT2D eigenvalue weighted by Crippen LogP contribution is -2.23. The number of hydrogen-bond donors (Lipinski definition) is 1. The number of aryl methyl sites for hydroxylation is 2. The van der Waals surface area contributed by atoms with E-state index in [0.717, 1.165) is 30.7 Å². The molecule has 3 rings (SSSR count). The van der Waals surface area contributed by atoms with Crippen LogP contribution in [0.2, 0.25) is 0 Å². The molecule has 0 saturated heterocycles. The van der Waals surface area contributed by atoms with Crippen molar-refractivity contribution in [3.05, 3.63) is 65.5 Å². The number of aromatic nitrogens is 2. The van der Waals surface area contributed by atoms with Gasteiger partial charge in [-0.15, -0.1) is 0 Å². The van der Waals surface area contributed by atoms with Gasteiger partial charge in [-0.25, -0.2) is 4.98 Å². The molecule has 0 aliphatic carbocycles. The number of para-hydroxylation sites is 2. The summed E-state index contributed by atoms with van der Waals surface area (Å²) in [6.07, 6.45) is 2.28. The average Bonchev–Trinajstić information content (AvgIpc) is 2.98. The standard InChI is InChI=1S/C21H25N3O/c1-3-21(25)22-14-8-13-20-23-18-11-6-7-12-19(18)24(20)15-17-10-5-4-9-16(17)2/h4-7,9-12H,3,8,13-15H2,1-2H3,(H,22,25). The minimum atomic E-state index is 0.105. The molecule has 1 heterocycles. The van der Waals surface area contributed by atoms with Crippen LogP contribution in [0.25, 0.3) is 11.0 Å². The Bertz CT molecular complexity index is 866. The number of carbonyl (C=O) groups is 1. The van der Waals surface area contributed by atoms with Gasteiger partial charge in [0.05, 0.1) is 11.0 Å². The van der Waals surface area contributed by atoms with Crippen LogP contribution in [0.1, 0.15) is 36.7 Å². The molecular formula is C21H25N3O. The minimum Gasteiger partial charge on any atom is -0.356 e. The number of nitrogens with one attached hydrogen (secondary N) is 1. The second kappa shape index (κ2) is 7.97. The summed E-state index contributed by atoms with van der Waals surface area (Å²) in [4.78, 5) is 16.2. The van der Waals surface area contributed by atoms with Crippen LogP contribution in [0.5, 0.6) is 0 Å². The van der Waals surface area contributed by atoms with Crippen molar-refractivity contribution < 1.29 is 4.79 Å². The highest BCUT2D eigenvalue weighted by molar-refractivity contribution is 5.76. The zero-order valence-electron chi connectivity index (χ0n) is 15.0. The molecule has 0 fully saturated rings. The van der Waals surface area contributed by atoms with E-state index in [9.17, 15) is 4.79 Å². The van der Waals surface area contributed by atoms with E-state index in [1.807, 2.05) is 13.0 Å². The molecule has 0 aliphatic rings. The third-order valence-corrected chi connectivity index (χ3v) is 4.54. The first-order valence-electron chi connectivity index (χ1n) is 8.94. The normalized spacial score (nSPS) is 11.0. The summed E-state index contributed by atoms with van der Waals surface area (Å²) >= 11 is 0. The molecule has 3 aromatic rings. The van der Waals surface area contributed by atoms with Crippen molar-refractivity contribution in [2.75, 3.05) is 6.54 Å². The highest BCUT2D eigenvalue weighted by atomic mass is 16.1. The quantitative estimate of drug-likeness (QED) is 0.667. The van der Waals surface area contributed by atoms with Gasteiger partial charge in [0.2, 0.25) is 5.91 Å². The van der Waals surface area contributed by atoms with Crippen molar-refractivity contribution in [3.63, 3.8) is 0 Å². The van der Waals surface area contributed by atoms with Gasteiger partial charge in [0, 0.05) is 25.9 Å². The maximum atomic E-state index is 11.4. The van der Waals surface area contributed by atoms with Gasteiger partial charge in [0.25, 0.3) is 0 Å². The van der Waals surface area contributed by atoms with Crippen molar-refractivity contribution in [1.82, 2.24) is 14.9 Å². The summed E-state index contributed by atoms with van der Waals surface area (Å²) in [5.41, 5.74) is 4.80. The Morgan fingerprint density at radius 3 is 2.68 bits per heavy atom. The Morgan fingerprint density at radius 2 is 1.88 bits per heavy atom. The molecule has 130 valence electrons. The number of carbonyl (C=O) groups excluding carboxylic acids is 1. The van der Waals surface area contributed by atoms with E-state index in [1.54, 1.807) is 0 Å². The Kier molecular flexibility index (Phi) is 5.49. The molecule has 1 N–H and O–H groups in total. The lowest BCUT2D eigenvalue weighted by molar-refractivity contribution is -0.120. The summed E-state index contributed by atoms with van der Waals surface area (Å²) in [6, 6.07) is 16.8. The molecule has 0 atom stereocenters. The molecular weight excluding hydrogens is 310 g/mol. The maximum absolute atomic E-state index is 11.4. The molecule has 0 bridgehead atoms. The third-order valence-electron chi connectivity index (χ3n) is 4.54. The van der Waals surface area contributed by atoms with Crippen molar-refractivity contribution in [3.8, 4) is 0 Å². The highest BCUT2D eigenvalue weighted by Gasteiger charge is 2.11. The Labute approximate surface area is 148 Å². The predicted molar refractivity (Wildman–Crippen MR) is 102 cm³/mol. The van der Waals surface area contributed by atoms with E-state index in [2.05, 4.69) is 59.3 Å². The van der Waals surface area contributed by atoms with Crippen molar-refractivity contribution in [2.45, 2.75) is 39.7 Å². The summed E-state index contributed by atoms with van der Waals surface area (Å²) in [5, 5.41) is 2.94. The summed E-state index contributed by atoms with van der Waals surface area (Å²) in [7, 11) is 0.